The molecule has 1 amide bonds. The van der Waals surface area contributed by atoms with Crippen LogP contribution in [0, 0.1) is 0 Å². The molecule has 1 atom stereocenters. The van der Waals surface area contributed by atoms with Crippen molar-refractivity contribution in [3.63, 3.8) is 0 Å². The number of ether oxygens (including phenoxy) is 2. The number of nitrogens with zero attached hydrogens (tertiary/aromatic N) is 3. The molecule has 0 unspecified atom stereocenters. The standard InChI is InChI=1S/C25H24N4O3/c1-31-19-8-6-17(7-9-19)22-14-26-15-23(28-22)24-16-29(10-11-32-24)25(30)12-18-13-27-21-5-3-2-4-20(18)21/h2-9,13-15,24,27H,10-12,16H2,1H3/t24-/m1/s1. The number of aromatic amines is 1. The Hall–Kier alpha value is -3.71. The van der Waals surface area contributed by atoms with Gasteiger partial charge < -0.3 is 19.4 Å². The summed E-state index contributed by atoms with van der Waals surface area (Å²) in [5, 5.41) is 1.09. The fourth-order valence-corrected chi connectivity index (χ4v) is 4.04. The Morgan fingerprint density at radius 2 is 2.03 bits per heavy atom. The average molecular weight is 428 g/mol. The third-order valence-corrected chi connectivity index (χ3v) is 5.80. The molecule has 1 aliphatic heterocycles. The molecule has 3 heterocycles. The first kappa shape index (κ1) is 20.2. The Labute approximate surface area is 186 Å². The van der Waals surface area contributed by atoms with Gasteiger partial charge in [0.1, 0.15) is 11.9 Å². The van der Waals surface area contributed by atoms with Gasteiger partial charge in [0.05, 0.1) is 50.5 Å². The van der Waals surface area contributed by atoms with Gasteiger partial charge in [-0.3, -0.25) is 9.78 Å². The number of morpholine rings is 1. The highest BCUT2D eigenvalue weighted by molar-refractivity contribution is 5.88. The van der Waals surface area contributed by atoms with E-state index in [9.17, 15) is 4.79 Å². The lowest BCUT2D eigenvalue weighted by molar-refractivity contribution is -0.138. The van der Waals surface area contributed by atoms with Crippen molar-refractivity contribution in [2.24, 2.45) is 0 Å². The Morgan fingerprint density at radius 3 is 2.88 bits per heavy atom. The van der Waals surface area contributed by atoms with E-state index in [1.54, 1.807) is 19.5 Å². The van der Waals surface area contributed by atoms with E-state index >= 15 is 0 Å². The monoisotopic (exact) mass is 428 g/mol. The van der Waals surface area contributed by atoms with Gasteiger partial charge in [-0.15, -0.1) is 0 Å². The van der Waals surface area contributed by atoms with Gasteiger partial charge in [-0.25, -0.2) is 4.98 Å². The topological polar surface area (TPSA) is 80.3 Å². The van der Waals surface area contributed by atoms with Crippen molar-refractivity contribution < 1.29 is 14.3 Å². The smallest absolute Gasteiger partial charge is 0.227 e. The minimum absolute atomic E-state index is 0.0855. The normalized spacial score (nSPS) is 16.3. The van der Waals surface area contributed by atoms with Gasteiger partial charge in [0.25, 0.3) is 0 Å². The molecule has 0 radical (unpaired) electrons. The highest BCUT2D eigenvalue weighted by Gasteiger charge is 2.27. The molecule has 1 fully saturated rings. The minimum Gasteiger partial charge on any atom is -0.497 e. The summed E-state index contributed by atoms with van der Waals surface area (Å²) >= 11 is 0. The summed E-state index contributed by atoms with van der Waals surface area (Å²) in [7, 11) is 1.64. The lowest BCUT2D eigenvalue weighted by atomic mass is 10.1. The molecule has 5 rings (SSSR count). The summed E-state index contributed by atoms with van der Waals surface area (Å²) in [5.41, 5.74) is 4.48. The highest BCUT2D eigenvalue weighted by Crippen LogP contribution is 2.25. The Balaban J connectivity index is 1.31. The van der Waals surface area contributed by atoms with Crippen LogP contribution >= 0.6 is 0 Å². The number of carbonyl (C=O) groups is 1. The Morgan fingerprint density at radius 1 is 1.19 bits per heavy atom. The number of amides is 1. The molecule has 1 saturated heterocycles. The molecular formula is C25H24N4O3. The summed E-state index contributed by atoms with van der Waals surface area (Å²) in [5.74, 6) is 0.875. The molecule has 32 heavy (non-hydrogen) atoms. The first-order valence-corrected chi connectivity index (χ1v) is 10.6. The van der Waals surface area contributed by atoms with E-state index in [1.165, 1.54) is 0 Å². The maximum absolute atomic E-state index is 13.0. The molecule has 7 nitrogen and oxygen atoms in total. The first-order valence-electron chi connectivity index (χ1n) is 10.6. The zero-order valence-electron chi connectivity index (χ0n) is 17.8. The molecule has 1 aliphatic rings. The third-order valence-electron chi connectivity index (χ3n) is 5.80. The zero-order chi connectivity index (χ0) is 21.9. The first-order chi connectivity index (χ1) is 15.7. The third kappa shape index (κ3) is 4.07. The second-order valence-electron chi connectivity index (χ2n) is 7.79. The van der Waals surface area contributed by atoms with E-state index in [2.05, 4.69) is 9.97 Å². The van der Waals surface area contributed by atoms with Gasteiger partial charge in [0.15, 0.2) is 0 Å². The number of hydrogen-bond donors (Lipinski definition) is 1. The van der Waals surface area contributed by atoms with Crippen LogP contribution in [-0.2, 0) is 16.0 Å². The van der Waals surface area contributed by atoms with Crippen LogP contribution in [0.25, 0.3) is 22.2 Å². The number of aromatic nitrogens is 3. The van der Waals surface area contributed by atoms with Crippen molar-refractivity contribution in [3.05, 3.63) is 78.4 Å². The number of H-pyrrole nitrogens is 1. The molecule has 1 N–H and O–H groups in total. The molecular weight excluding hydrogens is 404 g/mol. The van der Waals surface area contributed by atoms with E-state index in [0.29, 0.717) is 26.1 Å². The number of fused-ring (bicyclic) bond motifs is 1. The van der Waals surface area contributed by atoms with Crippen LogP contribution in [0.5, 0.6) is 5.75 Å². The number of carbonyl (C=O) groups excluding carboxylic acids is 1. The van der Waals surface area contributed by atoms with E-state index in [4.69, 9.17) is 14.5 Å². The molecule has 162 valence electrons. The summed E-state index contributed by atoms with van der Waals surface area (Å²) in [6.45, 7) is 1.50. The van der Waals surface area contributed by atoms with Crippen LogP contribution in [0.15, 0.2) is 67.1 Å². The van der Waals surface area contributed by atoms with Gasteiger partial charge in [0, 0.05) is 29.2 Å². The van der Waals surface area contributed by atoms with Gasteiger partial charge >= 0.3 is 0 Å². The molecule has 0 bridgehead atoms. The van der Waals surface area contributed by atoms with Crippen molar-refractivity contribution >= 4 is 16.8 Å². The summed E-state index contributed by atoms with van der Waals surface area (Å²) in [4.78, 5) is 27.3. The number of rotatable bonds is 5. The van der Waals surface area contributed by atoms with E-state index < -0.39 is 0 Å². The van der Waals surface area contributed by atoms with Crippen LogP contribution in [-0.4, -0.2) is 52.6 Å². The van der Waals surface area contributed by atoms with Crippen LogP contribution < -0.4 is 4.74 Å². The van der Waals surface area contributed by atoms with Crippen LogP contribution in [0.4, 0.5) is 0 Å². The van der Waals surface area contributed by atoms with Gasteiger partial charge in [-0.05, 0) is 35.9 Å². The molecule has 2 aromatic heterocycles. The van der Waals surface area contributed by atoms with Gasteiger partial charge in [0.2, 0.25) is 5.91 Å². The molecule has 2 aromatic carbocycles. The van der Waals surface area contributed by atoms with Crippen LogP contribution in [0.3, 0.4) is 0 Å². The fourth-order valence-electron chi connectivity index (χ4n) is 4.04. The lowest BCUT2D eigenvalue weighted by Gasteiger charge is -2.32. The number of hydrogen-bond acceptors (Lipinski definition) is 5. The number of methoxy groups -OCH3 is 1. The van der Waals surface area contributed by atoms with Crippen LogP contribution in [0.1, 0.15) is 17.4 Å². The summed E-state index contributed by atoms with van der Waals surface area (Å²) < 4.78 is 11.2. The van der Waals surface area contributed by atoms with E-state index in [-0.39, 0.29) is 12.0 Å². The molecule has 0 saturated carbocycles. The van der Waals surface area contributed by atoms with Crippen molar-refractivity contribution in [2.45, 2.75) is 12.5 Å². The average Bonchev–Trinajstić information content (AvgIpc) is 3.27. The summed E-state index contributed by atoms with van der Waals surface area (Å²) in [6.07, 6.45) is 5.42. The molecule has 4 aromatic rings. The van der Waals surface area contributed by atoms with Crippen LogP contribution in [0.2, 0.25) is 0 Å². The lowest BCUT2D eigenvalue weighted by Crippen LogP contribution is -2.43. The largest absolute Gasteiger partial charge is 0.497 e. The van der Waals surface area contributed by atoms with Gasteiger partial charge in [-0.1, -0.05) is 18.2 Å². The van der Waals surface area contributed by atoms with Crippen molar-refractivity contribution in [3.8, 4) is 17.0 Å². The van der Waals surface area contributed by atoms with Crippen molar-refractivity contribution in [1.29, 1.82) is 0 Å². The highest BCUT2D eigenvalue weighted by atomic mass is 16.5. The zero-order valence-corrected chi connectivity index (χ0v) is 17.8. The fraction of sp³-hybridized carbons (Fsp3) is 0.240. The maximum atomic E-state index is 13.0. The quantitative estimate of drug-likeness (QED) is 0.523. The second-order valence-corrected chi connectivity index (χ2v) is 7.79. The number of para-hydroxylation sites is 1. The van der Waals surface area contributed by atoms with E-state index in [0.717, 1.165) is 39.2 Å². The molecule has 0 aliphatic carbocycles. The molecule has 0 spiro atoms. The van der Waals surface area contributed by atoms with Crippen molar-refractivity contribution in [1.82, 2.24) is 19.9 Å². The Kier molecular flexibility index (Phi) is 5.56. The minimum atomic E-state index is -0.304. The Bertz CT molecular complexity index is 1240. The molecule has 7 heteroatoms. The van der Waals surface area contributed by atoms with Crippen molar-refractivity contribution in [2.75, 3.05) is 26.8 Å². The maximum Gasteiger partial charge on any atom is 0.227 e. The SMILES string of the molecule is COc1ccc(-c2cncc([C@H]3CN(C(=O)Cc4c[nH]c5ccccc45)CCO3)n2)cc1. The number of nitrogens with one attached hydrogen (secondary N) is 1. The number of benzene rings is 2. The second kappa shape index (κ2) is 8.80. The van der Waals surface area contributed by atoms with E-state index in [1.807, 2.05) is 59.6 Å². The predicted octanol–water partition coefficient (Wildman–Crippen LogP) is 3.78. The van der Waals surface area contributed by atoms with Gasteiger partial charge in [-0.2, -0.15) is 0 Å². The predicted molar refractivity (Wildman–Crippen MR) is 121 cm³/mol. The summed E-state index contributed by atoms with van der Waals surface area (Å²) in [6, 6.07) is 15.7.